The van der Waals surface area contributed by atoms with E-state index in [9.17, 15) is 14.4 Å². The number of anilines is 1. The third-order valence-electron chi connectivity index (χ3n) is 2.93. The van der Waals surface area contributed by atoms with E-state index >= 15 is 0 Å². The zero-order chi connectivity index (χ0) is 13.8. The maximum absolute atomic E-state index is 12.0. The molecule has 1 aromatic rings. The molecule has 1 atom stereocenters. The summed E-state index contributed by atoms with van der Waals surface area (Å²) in [6.07, 6.45) is 0.876. The van der Waals surface area contributed by atoms with Gasteiger partial charge in [0.25, 0.3) is 0 Å². The van der Waals surface area contributed by atoms with E-state index in [2.05, 4.69) is 15.4 Å². The minimum absolute atomic E-state index is 0.0326. The van der Waals surface area contributed by atoms with Gasteiger partial charge in [-0.05, 0) is 17.9 Å². The normalized spacial score (nSPS) is 18.6. The predicted molar refractivity (Wildman–Crippen MR) is 70.0 cm³/mol. The third-order valence-corrected chi connectivity index (χ3v) is 3.82. The van der Waals surface area contributed by atoms with Crippen LogP contribution in [-0.2, 0) is 14.3 Å². The molecule has 2 N–H and O–H groups in total. The summed E-state index contributed by atoms with van der Waals surface area (Å²) in [7, 11) is 1.30. The Balaban J connectivity index is 2.01. The molecule has 0 spiro atoms. The molecule has 19 heavy (non-hydrogen) atoms. The van der Waals surface area contributed by atoms with Crippen LogP contribution in [0.2, 0.25) is 0 Å². The van der Waals surface area contributed by atoms with Gasteiger partial charge in [0, 0.05) is 13.0 Å². The van der Waals surface area contributed by atoms with Gasteiger partial charge in [0.1, 0.15) is 4.88 Å². The number of carbonyl (C=O) groups excluding carboxylic acids is 3. The molecule has 2 rings (SSSR count). The number of amides is 2. The molecule has 1 aliphatic rings. The van der Waals surface area contributed by atoms with Crippen molar-refractivity contribution in [1.29, 1.82) is 0 Å². The molecule has 7 heteroatoms. The van der Waals surface area contributed by atoms with Crippen LogP contribution in [-0.4, -0.2) is 31.4 Å². The Morgan fingerprint density at radius 1 is 1.53 bits per heavy atom. The average molecular weight is 282 g/mol. The summed E-state index contributed by atoms with van der Waals surface area (Å²) in [6, 6.07) is 1.66. The Kier molecular flexibility index (Phi) is 4.16. The second-order valence-electron chi connectivity index (χ2n) is 4.18. The Morgan fingerprint density at radius 3 is 2.95 bits per heavy atom. The van der Waals surface area contributed by atoms with Gasteiger partial charge in [0.2, 0.25) is 11.8 Å². The minimum atomic E-state index is -0.470. The lowest BCUT2D eigenvalue weighted by molar-refractivity contribution is -0.126. The number of esters is 1. The van der Waals surface area contributed by atoms with Crippen LogP contribution >= 0.6 is 11.3 Å². The monoisotopic (exact) mass is 282 g/mol. The highest BCUT2D eigenvalue weighted by atomic mass is 32.1. The first-order valence-corrected chi connectivity index (χ1v) is 6.73. The average Bonchev–Trinajstić information content (AvgIpc) is 2.86. The first-order chi connectivity index (χ1) is 9.11. The number of methoxy groups -OCH3 is 1. The van der Waals surface area contributed by atoms with E-state index in [4.69, 9.17) is 0 Å². The van der Waals surface area contributed by atoms with E-state index in [0.717, 1.165) is 0 Å². The quantitative estimate of drug-likeness (QED) is 0.810. The summed E-state index contributed by atoms with van der Waals surface area (Å²) in [5.41, 5.74) is 0.457. The van der Waals surface area contributed by atoms with Gasteiger partial charge in [-0.15, -0.1) is 11.3 Å². The number of piperidine rings is 1. The maximum atomic E-state index is 12.0. The predicted octanol–water partition coefficient (Wildman–Crippen LogP) is 0.999. The molecule has 2 heterocycles. The molecule has 1 saturated heterocycles. The summed E-state index contributed by atoms with van der Waals surface area (Å²) < 4.78 is 4.64. The zero-order valence-corrected chi connectivity index (χ0v) is 11.2. The summed E-state index contributed by atoms with van der Waals surface area (Å²) in [5, 5.41) is 7.07. The molecule has 0 radical (unpaired) electrons. The number of rotatable bonds is 3. The van der Waals surface area contributed by atoms with Crippen LogP contribution in [0, 0.1) is 5.92 Å². The van der Waals surface area contributed by atoms with Gasteiger partial charge in [-0.1, -0.05) is 0 Å². The lowest BCUT2D eigenvalue weighted by atomic mass is 9.98. The molecule has 0 saturated carbocycles. The van der Waals surface area contributed by atoms with E-state index in [0.29, 0.717) is 30.0 Å². The van der Waals surface area contributed by atoms with E-state index in [1.165, 1.54) is 18.4 Å². The maximum Gasteiger partial charge on any atom is 0.350 e. The van der Waals surface area contributed by atoms with Gasteiger partial charge in [-0.2, -0.15) is 0 Å². The van der Waals surface area contributed by atoms with Crippen LogP contribution < -0.4 is 10.6 Å². The summed E-state index contributed by atoms with van der Waals surface area (Å²) in [4.78, 5) is 34.9. The molecule has 1 fully saturated rings. The van der Waals surface area contributed by atoms with Gasteiger partial charge >= 0.3 is 5.97 Å². The van der Waals surface area contributed by atoms with Crippen LogP contribution in [0.4, 0.5) is 5.69 Å². The van der Waals surface area contributed by atoms with E-state index in [1.807, 2.05) is 0 Å². The minimum Gasteiger partial charge on any atom is -0.465 e. The number of hydrogen-bond acceptors (Lipinski definition) is 5. The summed E-state index contributed by atoms with van der Waals surface area (Å²) >= 11 is 1.21. The highest BCUT2D eigenvalue weighted by molar-refractivity contribution is 7.12. The van der Waals surface area contributed by atoms with Crippen molar-refractivity contribution in [1.82, 2.24) is 5.32 Å². The Labute approximate surface area is 114 Å². The first kappa shape index (κ1) is 13.5. The van der Waals surface area contributed by atoms with Crippen molar-refractivity contribution in [3.63, 3.8) is 0 Å². The molecule has 102 valence electrons. The van der Waals surface area contributed by atoms with Crippen LogP contribution in [0.5, 0.6) is 0 Å². The van der Waals surface area contributed by atoms with Crippen LogP contribution in [0.15, 0.2) is 11.4 Å². The fourth-order valence-corrected chi connectivity index (χ4v) is 2.62. The molecule has 0 aromatic carbocycles. The SMILES string of the molecule is COC(=O)c1sccc1NC(=O)C1CCC(=O)NC1. The second-order valence-corrected chi connectivity index (χ2v) is 5.10. The Hall–Kier alpha value is -1.89. The number of nitrogens with one attached hydrogen (secondary N) is 2. The fourth-order valence-electron chi connectivity index (χ4n) is 1.85. The van der Waals surface area contributed by atoms with Gasteiger partial charge in [-0.25, -0.2) is 4.79 Å². The fraction of sp³-hybridized carbons (Fsp3) is 0.417. The Morgan fingerprint density at radius 2 is 2.32 bits per heavy atom. The topological polar surface area (TPSA) is 84.5 Å². The van der Waals surface area contributed by atoms with Crippen LogP contribution in [0.3, 0.4) is 0 Å². The molecule has 1 aliphatic heterocycles. The second kappa shape index (κ2) is 5.83. The van der Waals surface area contributed by atoms with E-state index in [1.54, 1.807) is 11.4 Å². The summed E-state index contributed by atoms with van der Waals surface area (Å²) in [6.45, 7) is 0.336. The highest BCUT2D eigenvalue weighted by Gasteiger charge is 2.25. The van der Waals surface area contributed by atoms with Gasteiger partial charge in [-0.3, -0.25) is 9.59 Å². The number of thiophene rings is 1. The standard InChI is InChI=1S/C12H14N2O4S/c1-18-12(17)10-8(4-5-19-10)14-11(16)7-2-3-9(15)13-6-7/h4-5,7H,2-3,6H2,1H3,(H,13,15)(H,14,16). The van der Waals surface area contributed by atoms with E-state index in [-0.39, 0.29) is 17.7 Å². The van der Waals surface area contributed by atoms with Crippen molar-refractivity contribution >= 4 is 34.8 Å². The van der Waals surface area contributed by atoms with Crippen molar-refractivity contribution in [3.8, 4) is 0 Å². The zero-order valence-electron chi connectivity index (χ0n) is 10.4. The number of carbonyl (C=O) groups is 3. The first-order valence-electron chi connectivity index (χ1n) is 5.85. The lowest BCUT2D eigenvalue weighted by Gasteiger charge is -2.21. The Bertz CT molecular complexity index is 502. The van der Waals surface area contributed by atoms with Gasteiger partial charge in [0.05, 0.1) is 18.7 Å². The van der Waals surface area contributed by atoms with Crippen molar-refractivity contribution in [2.45, 2.75) is 12.8 Å². The van der Waals surface area contributed by atoms with Gasteiger partial charge in [0.15, 0.2) is 0 Å². The molecule has 2 amide bonds. The van der Waals surface area contributed by atoms with Crippen molar-refractivity contribution in [3.05, 3.63) is 16.3 Å². The van der Waals surface area contributed by atoms with E-state index < -0.39 is 5.97 Å². The molecule has 6 nitrogen and oxygen atoms in total. The molecule has 0 bridgehead atoms. The lowest BCUT2D eigenvalue weighted by Crippen LogP contribution is -2.40. The number of hydrogen-bond donors (Lipinski definition) is 2. The molecular formula is C12H14N2O4S. The molecule has 1 unspecified atom stereocenters. The largest absolute Gasteiger partial charge is 0.465 e. The highest BCUT2D eigenvalue weighted by Crippen LogP contribution is 2.24. The molecule has 0 aliphatic carbocycles. The van der Waals surface area contributed by atoms with Crippen molar-refractivity contribution < 1.29 is 19.1 Å². The van der Waals surface area contributed by atoms with Crippen LogP contribution in [0.1, 0.15) is 22.5 Å². The number of ether oxygens (including phenoxy) is 1. The van der Waals surface area contributed by atoms with Crippen LogP contribution in [0.25, 0.3) is 0 Å². The smallest absolute Gasteiger partial charge is 0.350 e. The molecular weight excluding hydrogens is 268 g/mol. The summed E-state index contributed by atoms with van der Waals surface area (Å²) in [5.74, 6) is -0.955. The van der Waals surface area contributed by atoms with Crippen molar-refractivity contribution in [2.75, 3.05) is 19.0 Å². The molecule has 1 aromatic heterocycles. The third kappa shape index (κ3) is 3.11. The van der Waals surface area contributed by atoms with Crippen molar-refractivity contribution in [2.24, 2.45) is 5.92 Å². The van der Waals surface area contributed by atoms with Gasteiger partial charge < -0.3 is 15.4 Å².